The molecule has 0 bridgehead atoms. The molecular formula is C16H24N2O3. The minimum Gasteiger partial charge on any atom is -0.493 e. The molecule has 1 atom stereocenters. The van der Waals surface area contributed by atoms with Gasteiger partial charge in [0.2, 0.25) is 0 Å². The summed E-state index contributed by atoms with van der Waals surface area (Å²) in [5.74, 6) is 1.21. The first-order valence-corrected chi connectivity index (χ1v) is 7.48. The van der Waals surface area contributed by atoms with Crippen LogP contribution >= 0.6 is 0 Å². The summed E-state index contributed by atoms with van der Waals surface area (Å²) in [5.41, 5.74) is 6.58. The van der Waals surface area contributed by atoms with Crippen molar-refractivity contribution in [3.8, 4) is 11.5 Å². The van der Waals surface area contributed by atoms with Crippen molar-refractivity contribution in [2.75, 3.05) is 20.2 Å². The number of likely N-dealkylation sites (tertiary alicyclic amines) is 1. The molecule has 21 heavy (non-hydrogen) atoms. The summed E-state index contributed by atoms with van der Waals surface area (Å²) in [6.45, 7) is 3.77. The minimum absolute atomic E-state index is 0.0311. The number of para-hydroxylation sites is 1. The zero-order valence-electron chi connectivity index (χ0n) is 12.8. The van der Waals surface area contributed by atoms with Crippen molar-refractivity contribution in [2.45, 2.75) is 38.8 Å². The van der Waals surface area contributed by atoms with Gasteiger partial charge in [-0.2, -0.15) is 0 Å². The lowest BCUT2D eigenvalue weighted by atomic mass is 10.1. The van der Waals surface area contributed by atoms with E-state index >= 15 is 0 Å². The molecule has 0 aliphatic carbocycles. The van der Waals surface area contributed by atoms with Gasteiger partial charge in [-0.3, -0.25) is 4.79 Å². The highest BCUT2D eigenvalue weighted by molar-refractivity contribution is 5.81. The average Bonchev–Trinajstić information content (AvgIpc) is 2.55. The molecule has 5 heteroatoms. The Balaban J connectivity index is 2.11. The fourth-order valence-corrected chi connectivity index (χ4v) is 2.62. The maximum Gasteiger partial charge on any atom is 0.263 e. The molecule has 2 rings (SSSR count). The number of methoxy groups -OCH3 is 1. The highest BCUT2D eigenvalue weighted by Crippen LogP contribution is 2.32. The number of nitrogens with two attached hydrogens (primary N) is 1. The summed E-state index contributed by atoms with van der Waals surface area (Å²) in [4.78, 5) is 14.3. The number of carbonyl (C=O) groups excluding carboxylic acids is 1. The Labute approximate surface area is 126 Å². The van der Waals surface area contributed by atoms with Gasteiger partial charge in [0.15, 0.2) is 17.6 Å². The highest BCUT2D eigenvalue weighted by atomic mass is 16.5. The summed E-state index contributed by atoms with van der Waals surface area (Å²) in [7, 11) is 1.58. The van der Waals surface area contributed by atoms with E-state index in [0.29, 0.717) is 18.0 Å². The van der Waals surface area contributed by atoms with Gasteiger partial charge in [-0.05, 0) is 32.3 Å². The third-order valence-electron chi connectivity index (χ3n) is 3.81. The summed E-state index contributed by atoms with van der Waals surface area (Å²) in [5, 5.41) is 0. The number of amides is 1. The van der Waals surface area contributed by atoms with Crippen LogP contribution < -0.4 is 15.2 Å². The summed E-state index contributed by atoms with van der Waals surface area (Å²) in [6, 6.07) is 5.56. The smallest absolute Gasteiger partial charge is 0.263 e. The Bertz CT molecular complexity index is 462. The minimum atomic E-state index is -0.537. The third kappa shape index (κ3) is 3.67. The molecule has 1 saturated heterocycles. The topological polar surface area (TPSA) is 64.8 Å². The van der Waals surface area contributed by atoms with Gasteiger partial charge in [-0.25, -0.2) is 0 Å². The maximum atomic E-state index is 12.4. The molecule has 1 aromatic rings. The number of rotatable bonds is 5. The number of carbonyl (C=O) groups is 1. The Morgan fingerprint density at radius 1 is 1.33 bits per heavy atom. The molecule has 2 N–H and O–H groups in total. The van der Waals surface area contributed by atoms with Crippen molar-refractivity contribution >= 4 is 5.91 Å². The van der Waals surface area contributed by atoms with Gasteiger partial charge in [0.1, 0.15) is 0 Å². The fraction of sp³-hybridized carbons (Fsp3) is 0.562. The van der Waals surface area contributed by atoms with E-state index in [1.165, 1.54) is 6.42 Å². The first-order valence-electron chi connectivity index (χ1n) is 7.48. The molecule has 116 valence electrons. The van der Waals surface area contributed by atoms with Gasteiger partial charge >= 0.3 is 0 Å². The molecule has 1 fully saturated rings. The van der Waals surface area contributed by atoms with Crippen LogP contribution in [-0.2, 0) is 11.3 Å². The fourth-order valence-electron chi connectivity index (χ4n) is 2.62. The molecular weight excluding hydrogens is 268 g/mol. The van der Waals surface area contributed by atoms with E-state index in [0.717, 1.165) is 31.5 Å². The van der Waals surface area contributed by atoms with Crippen LogP contribution in [0.15, 0.2) is 18.2 Å². The number of hydrogen-bond donors (Lipinski definition) is 1. The molecule has 1 aliphatic rings. The van der Waals surface area contributed by atoms with E-state index in [-0.39, 0.29) is 5.91 Å². The molecule has 5 nitrogen and oxygen atoms in total. The highest BCUT2D eigenvalue weighted by Gasteiger charge is 2.25. The van der Waals surface area contributed by atoms with E-state index in [2.05, 4.69) is 0 Å². The molecule has 1 unspecified atom stereocenters. The molecule has 1 aliphatic heterocycles. The lowest BCUT2D eigenvalue weighted by Crippen LogP contribution is -2.43. The Hall–Kier alpha value is -1.75. The normalized spacial score (nSPS) is 16.4. The number of piperidine rings is 1. The standard InChI is InChI=1S/C16H24N2O3/c1-12(16(19)18-9-4-3-5-10-18)21-15-13(11-17)7-6-8-14(15)20-2/h6-8,12H,3-5,9-11,17H2,1-2H3. The molecule has 0 radical (unpaired) electrons. The van der Waals surface area contributed by atoms with Crippen LogP contribution in [0.4, 0.5) is 0 Å². The van der Waals surface area contributed by atoms with Crippen molar-refractivity contribution in [1.29, 1.82) is 0 Å². The van der Waals surface area contributed by atoms with E-state index in [1.807, 2.05) is 23.1 Å². The van der Waals surface area contributed by atoms with Gasteiger partial charge < -0.3 is 20.1 Å². The molecule has 1 heterocycles. The number of benzene rings is 1. The third-order valence-corrected chi connectivity index (χ3v) is 3.81. The van der Waals surface area contributed by atoms with Gasteiger partial charge in [-0.15, -0.1) is 0 Å². The molecule has 1 aromatic carbocycles. The van der Waals surface area contributed by atoms with E-state index < -0.39 is 6.10 Å². The van der Waals surface area contributed by atoms with Crippen molar-refractivity contribution in [3.05, 3.63) is 23.8 Å². The molecule has 0 spiro atoms. The first-order chi connectivity index (χ1) is 10.2. The average molecular weight is 292 g/mol. The van der Waals surface area contributed by atoms with Crippen molar-refractivity contribution < 1.29 is 14.3 Å². The summed E-state index contributed by atoms with van der Waals surface area (Å²) < 4.78 is 11.2. The predicted octanol–water partition coefficient (Wildman–Crippen LogP) is 1.93. The zero-order valence-corrected chi connectivity index (χ0v) is 12.8. The quantitative estimate of drug-likeness (QED) is 0.900. The number of hydrogen-bond acceptors (Lipinski definition) is 4. The van der Waals surface area contributed by atoms with Crippen molar-refractivity contribution in [2.24, 2.45) is 5.73 Å². The van der Waals surface area contributed by atoms with Crippen LogP contribution in [0, 0.1) is 0 Å². The van der Waals surface area contributed by atoms with Crippen LogP contribution in [0.3, 0.4) is 0 Å². The van der Waals surface area contributed by atoms with Gasteiger partial charge in [-0.1, -0.05) is 12.1 Å². The van der Waals surface area contributed by atoms with Gasteiger partial charge in [0.05, 0.1) is 7.11 Å². The molecule has 0 saturated carbocycles. The van der Waals surface area contributed by atoms with Crippen LogP contribution in [-0.4, -0.2) is 37.1 Å². The van der Waals surface area contributed by atoms with Gasteiger partial charge in [0.25, 0.3) is 5.91 Å². The van der Waals surface area contributed by atoms with Crippen molar-refractivity contribution in [3.63, 3.8) is 0 Å². The summed E-state index contributed by atoms with van der Waals surface area (Å²) in [6.07, 6.45) is 2.80. The van der Waals surface area contributed by atoms with Crippen LogP contribution in [0.2, 0.25) is 0 Å². The summed E-state index contributed by atoms with van der Waals surface area (Å²) >= 11 is 0. The molecule has 0 aromatic heterocycles. The number of ether oxygens (including phenoxy) is 2. The van der Waals surface area contributed by atoms with Crippen LogP contribution in [0.1, 0.15) is 31.7 Å². The van der Waals surface area contributed by atoms with E-state index in [9.17, 15) is 4.79 Å². The largest absolute Gasteiger partial charge is 0.493 e. The monoisotopic (exact) mass is 292 g/mol. The Morgan fingerprint density at radius 2 is 2.05 bits per heavy atom. The lowest BCUT2D eigenvalue weighted by Gasteiger charge is -2.29. The second-order valence-corrected chi connectivity index (χ2v) is 5.30. The van der Waals surface area contributed by atoms with Crippen LogP contribution in [0.5, 0.6) is 11.5 Å². The second kappa shape index (κ2) is 7.31. The van der Waals surface area contributed by atoms with E-state index in [4.69, 9.17) is 15.2 Å². The lowest BCUT2D eigenvalue weighted by molar-refractivity contribution is -0.138. The van der Waals surface area contributed by atoms with Gasteiger partial charge in [0, 0.05) is 25.2 Å². The van der Waals surface area contributed by atoms with Crippen LogP contribution in [0.25, 0.3) is 0 Å². The SMILES string of the molecule is COc1cccc(CN)c1OC(C)C(=O)N1CCCCC1. The van der Waals surface area contributed by atoms with E-state index in [1.54, 1.807) is 14.0 Å². The predicted molar refractivity (Wildman–Crippen MR) is 81.4 cm³/mol. The Morgan fingerprint density at radius 3 is 2.67 bits per heavy atom. The molecule has 1 amide bonds. The second-order valence-electron chi connectivity index (χ2n) is 5.30. The van der Waals surface area contributed by atoms with Crippen molar-refractivity contribution in [1.82, 2.24) is 4.90 Å². The Kier molecular flexibility index (Phi) is 5.44. The maximum absolute atomic E-state index is 12.4. The first kappa shape index (κ1) is 15.6. The number of nitrogens with zero attached hydrogens (tertiary/aromatic N) is 1. The zero-order chi connectivity index (χ0) is 15.2.